The van der Waals surface area contributed by atoms with Gasteiger partial charge < -0.3 is 14.6 Å². The van der Waals surface area contributed by atoms with E-state index < -0.39 is 5.97 Å². The number of nitrogens with one attached hydrogen (secondary N) is 1. The van der Waals surface area contributed by atoms with Gasteiger partial charge in [0.25, 0.3) is 5.91 Å². The normalized spacial score (nSPS) is 31.5. The zero-order valence-electron chi connectivity index (χ0n) is 17.0. The Labute approximate surface area is 166 Å². The number of aromatic nitrogens is 1. The zero-order chi connectivity index (χ0) is 20.1. The van der Waals surface area contributed by atoms with E-state index in [4.69, 9.17) is 4.74 Å². The van der Waals surface area contributed by atoms with Crippen molar-refractivity contribution in [3.8, 4) is 0 Å². The average molecular weight is 386 g/mol. The minimum absolute atomic E-state index is 0.103. The first-order valence-corrected chi connectivity index (χ1v) is 10.4. The van der Waals surface area contributed by atoms with Crippen LogP contribution in [0.4, 0.5) is 0 Å². The summed E-state index contributed by atoms with van der Waals surface area (Å²) >= 11 is 0. The van der Waals surface area contributed by atoms with Crippen molar-refractivity contribution >= 4 is 17.7 Å². The molecule has 1 amide bonds. The lowest BCUT2D eigenvalue weighted by Crippen LogP contribution is -2.56. The van der Waals surface area contributed by atoms with E-state index in [0.29, 0.717) is 5.56 Å². The van der Waals surface area contributed by atoms with E-state index in [0.717, 1.165) is 17.8 Å². The van der Waals surface area contributed by atoms with Crippen LogP contribution in [0.2, 0.25) is 0 Å². The Bertz CT molecular complexity index is 774. The monoisotopic (exact) mass is 386 g/mol. The molecule has 0 radical (unpaired) electrons. The number of hydrogen-bond acceptors (Lipinski definition) is 4. The van der Waals surface area contributed by atoms with Gasteiger partial charge in [-0.15, -0.1) is 0 Å². The number of rotatable bonds is 6. The standard InChI is InChI=1S/C22H30N2O4/c1-13(25)18-7-19(24(3)11-18)21(27)28-12-20(26)23-14(2)22-8-15-4-16(9-22)6-17(5-15)10-22/h7,11,14-17H,4-6,8-10,12H2,1-3H3,(H,23,26)/t14-,15?,16?,17?,22?/m0/s1. The van der Waals surface area contributed by atoms with Crippen LogP contribution in [0.1, 0.15) is 73.2 Å². The van der Waals surface area contributed by atoms with E-state index >= 15 is 0 Å². The molecule has 4 aliphatic carbocycles. The molecule has 0 saturated heterocycles. The van der Waals surface area contributed by atoms with Crippen LogP contribution >= 0.6 is 0 Å². The first kappa shape index (κ1) is 19.2. The van der Waals surface area contributed by atoms with Crippen LogP contribution in [0, 0.1) is 23.2 Å². The Balaban J connectivity index is 1.32. The number of nitrogens with zero attached hydrogens (tertiary/aromatic N) is 1. The molecule has 0 unspecified atom stereocenters. The van der Waals surface area contributed by atoms with Gasteiger partial charge in [0.15, 0.2) is 12.4 Å². The highest BCUT2D eigenvalue weighted by Crippen LogP contribution is 2.61. The largest absolute Gasteiger partial charge is 0.451 e. The molecule has 1 aromatic heterocycles. The SMILES string of the molecule is CC(=O)c1cc(C(=O)OCC(=O)N[C@@H](C)C23CC4CC(CC(C4)C2)C3)n(C)c1. The Morgan fingerprint density at radius 3 is 2.25 bits per heavy atom. The minimum Gasteiger partial charge on any atom is -0.451 e. The van der Waals surface area contributed by atoms with Gasteiger partial charge in [-0.25, -0.2) is 4.79 Å². The van der Waals surface area contributed by atoms with E-state index in [2.05, 4.69) is 12.2 Å². The molecule has 1 heterocycles. The van der Waals surface area contributed by atoms with Crippen molar-refractivity contribution in [1.82, 2.24) is 9.88 Å². The highest BCUT2D eigenvalue weighted by atomic mass is 16.5. The third-order valence-electron chi connectivity index (χ3n) is 7.34. The van der Waals surface area contributed by atoms with Crippen LogP contribution in [-0.2, 0) is 16.6 Å². The highest BCUT2D eigenvalue weighted by Gasteiger charge is 2.53. The molecule has 28 heavy (non-hydrogen) atoms. The number of aryl methyl sites for hydroxylation is 1. The molecule has 6 nitrogen and oxygen atoms in total. The molecule has 1 N–H and O–H groups in total. The molecule has 6 heteroatoms. The van der Waals surface area contributed by atoms with Crippen LogP contribution in [0.25, 0.3) is 0 Å². The second-order valence-electron chi connectivity index (χ2n) is 9.43. The number of amides is 1. The van der Waals surface area contributed by atoms with E-state index in [9.17, 15) is 14.4 Å². The van der Waals surface area contributed by atoms with Gasteiger partial charge in [-0.3, -0.25) is 9.59 Å². The second kappa shape index (κ2) is 7.05. The maximum atomic E-state index is 12.4. The van der Waals surface area contributed by atoms with Crippen molar-refractivity contribution in [3.63, 3.8) is 0 Å². The molecule has 152 valence electrons. The van der Waals surface area contributed by atoms with E-state index in [-0.39, 0.29) is 35.4 Å². The van der Waals surface area contributed by atoms with Crippen molar-refractivity contribution in [1.29, 1.82) is 0 Å². The zero-order valence-corrected chi connectivity index (χ0v) is 17.0. The predicted molar refractivity (Wildman–Crippen MR) is 104 cm³/mol. The molecule has 1 aromatic rings. The fraction of sp³-hybridized carbons (Fsp3) is 0.682. The van der Waals surface area contributed by atoms with Gasteiger partial charge in [0.05, 0.1) is 0 Å². The molecular weight excluding hydrogens is 356 g/mol. The van der Waals surface area contributed by atoms with Crippen molar-refractivity contribution in [2.45, 2.75) is 58.4 Å². The first-order valence-electron chi connectivity index (χ1n) is 10.4. The number of carbonyl (C=O) groups excluding carboxylic acids is 3. The number of carbonyl (C=O) groups is 3. The molecule has 5 rings (SSSR count). The van der Waals surface area contributed by atoms with Crippen molar-refractivity contribution in [2.24, 2.45) is 30.2 Å². The van der Waals surface area contributed by atoms with Gasteiger partial charge in [-0.05, 0) is 81.6 Å². The van der Waals surface area contributed by atoms with E-state index in [1.54, 1.807) is 17.8 Å². The fourth-order valence-electron chi connectivity index (χ4n) is 6.31. The quantitative estimate of drug-likeness (QED) is 0.602. The topological polar surface area (TPSA) is 77.4 Å². The summed E-state index contributed by atoms with van der Waals surface area (Å²) in [6.07, 6.45) is 9.36. The Kier molecular flexibility index (Phi) is 4.84. The lowest BCUT2D eigenvalue weighted by Gasteiger charge is -2.59. The van der Waals surface area contributed by atoms with Crippen LogP contribution in [0.3, 0.4) is 0 Å². The maximum absolute atomic E-state index is 12.4. The Hall–Kier alpha value is -2.11. The number of ether oxygens (including phenoxy) is 1. The second-order valence-corrected chi connectivity index (χ2v) is 9.43. The number of ketones is 1. The number of hydrogen-bond donors (Lipinski definition) is 1. The maximum Gasteiger partial charge on any atom is 0.355 e. The Morgan fingerprint density at radius 2 is 1.75 bits per heavy atom. The molecule has 4 fully saturated rings. The molecular formula is C22H30N2O4. The Morgan fingerprint density at radius 1 is 1.18 bits per heavy atom. The van der Waals surface area contributed by atoms with E-state index in [1.807, 2.05) is 0 Å². The summed E-state index contributed by atoms with van der Waals surface area (Å²) in [5, 5.41) is 3.10. The smallest absolute Gasteiger partial charge is 0.355 e. The molecule has 4 aliphatic rings. The molecule has 4 bridgehead atoms. The molecule has 4 saturated carbocycles. The van der Waals surface area contributed by atoms with Gasteiger partial charge in [0.1, 0.15) is 5.69 Å². The molecule has 0 aromatic carbocycles. The summed E-state index contributed by atoms with van der Waals surface area (Å²) < 4.78 is 6.75. The van der Waals surface area contributed by atoms with Crippen LogP contribution in [0.15, 0.2) is 12.3 Å². The number of esters is 1. The van der Waals surface area contributed by atoms with Gasteiger partial charge in [0, 0.05) is 24.8 Å². The van der Waals surface area contributed by atoms with Crippen LogP contribution in [0.5, 0.6) is 0 Å². The minimum atomic E-state index is -0.590. The average Bonchev–Trinajstić information content (AvgIpc) is 3.00. The van der Waals surface area contributed by atoms with E-state index in [1.165, 1.54) is 51.5 Å². The fourth-order valence-corrected chi connectivity index (χ4v) is 6.31. The summed E-state index contributed by atoms with van der Waals surface area (Å²) in [4.78, 5) is 36.2. The van der Waals surface area contributed by atoms with Crippen LogP contribution < -0.4 is 5.32 Å². The van der Waals surface area contributed by atoms with Gasteiger partial charge >= 0.3 is 5.97 Å². The summed E-state index contributed by atoms with van der Waals surface area (Å²) in [5.41, 5.74) is 0.949. The first-order chi connectivity index (χ1) is 13.3. The summed E-state index contributed by atoms with van der Waals surface area (Å²) in [6, 6.07) is 1.60. The summed E-state index contributed by atoms with van der Waals surface area (Å²) in [6.45, 7) is 3.27. The van der Waals surface area contributed by atoms with Crippen LogP contribution in [-0.4, -0.2) is 34.9 Å². The highest BCUT2D eigenvalue weighted by molar-refractivity contribution is 5.98. The van der Waals surface area contributed by atoms with Crippen molar-refractivity contribution < 1.29 is 19.1 Å². The summed E-state index contributed by atoms with van der Waals surface area (Å²) in [7, 11) is 1.68. The molecule has 0 spiro atoms. The van der Waals surface area contributed by atoms with Crippen molar-refractivity contribution in [2.75, 3.05) is 6.61 Å². The van der Waals surface area contributed by atoms with Gasteiger partial charge in [-0.1, -0.05) is 0 Å². The van der Waals surface area contributed by atoms with Gasteiger partial charge in [-0.2, -0.15) is 0 Å². The summed E-state index contributed by atoms with van der Waals surface area (Å²) in [5.74, 6) is 1.53. The molecule has 0 aliphatic heterocycles. The number of Topliss-reactive ketones (excluding diaryl/α,β-unsaturated/α-hetero) is 1. The lowest BCUT2D eigenvalue weighted by molar-refractivity contribution is -0.128. The third kappa shape index (κ3) is 3.49. The lowest BCUT2D eigenvalue weighted by atomic mass is 9.48. The predicted octanol–water partition coefficient (Wildman–Crippen LogP) is 3.11. The molecule has 1 atom stereocenters. The van der Waals surface area contributed by atoms with Gasteiger partial charge in [0.2, 0.25) is 0 Å². The van der Waals surface area contributed by atoms with Crippen molar-refractivity contribution in [3.05, 3.63) is 23.5 Å². The third-order valence-corrected chi connectivity index (χ3v) is 7.34.